The van der Waals surface area contributed by atoms with Crippen molar-refractivity contribution >= 4 is 19.2 Å². The molecule has 0 heterocycles. The van der Waals surface area contributed by atoms with E-state index in [1.165, 1.54) is 11.1 Å². The molecule has 0 amide bonds. The van der Waals surface area contributed by atoms with E-state index in [2.05, 4.69) is 173 Å². The fourth-order valence-corrected chi connectivity index (χ4v) is 5.28. The molecule has 0 fully saturated rings. The first-order chi connectivity index (χ1) is 19.2. The summed E-state index contributed by atoms with van der Waals surface area (Å²) in [6.45, 7) is 18.9. The molecule has 3 heteroatoms. The van der Waals surface area contributed by atoms with E-state index < -0.39 is 0 Å². The van der Waals surface area contributed by atoms with Gasteiger partial charge in [0.25, 0.3) is 0 Å². The van der Waals surface area contributed by atoms with E-state index in [4.69, 9.17) is 0 Å². The molecule has 40 heavy (non-hydrogen) atoms. The van der Waals surface area contributed by atoms with Gasteiger partial charge in [-0.3, -0.25) is 0 Å². The second-order valence-corrected chi connectivity index (χ2v) is 10.7. The monoisotopic (exact) mass is 526 g/mol. The lowest BCUT2D eigenvalue weighted by atomic mass is 9.71. The molecule has 3 rings (SSSR count). The van der Waals surface area contributed by atoms with E-state index in [9.17, 15) is 0 Å². The molecular weight excluding hydrogens is 483 g/mol. The van der Waals surface area contributed by atoms with Gasteiger partial charge in [-0.1, -0.05) is 98.1 Å². The third-order valence-electron chi connectivity index (χ3n) is 7.21. The molecule has 0 saturated carbocycles. The van der Waals surface area contributed by atoms with Crippen LogP contribution in [0.4, 0.5) is 11.4 Å². The van der Waals surface area contributed by atoms with Crippen LogP contribution in [0, 0.1) is 0 Å². The molecule has 1 atom stereocenters. The van der Waals surface area contributed by atoms with Crippen molar-refractivity contribution in [2.24, 2.45) is 0 Å². The first-order valence-corrected chi connectivity index (χ1v) is 13.9. The lowest BCUT2D eigenvalue weighted by molar-refractivity contribution is 0.521. The number of para-hydroxylation sites is 2. The highest BCUT2D eigenvalue weighted by Gasteiger charge is 2.34. The van der Waals surface area contributed by atoms with Crippen molar-refractivity contribution in [3.05, 3.63) is 169 Å². The van der Waals surface area contributed by atoms with E-state index in [-0.39, 0.29) is 11.0 Å². The minimum absolute atomic E-state index is 0.337. The zero-order valence-corrected chi connectivity index (χ0v) is 25.0. The predicted molar refractivity (Wildman–Crippen MR) is 179 cm³/mol. The first-order valence-electron chi connectivity index (χ1n) is 13.9. The van der Waals surface area contributed by atoms with E-state index in [1.807, 2.05) is 26.0 Å². The highest BCUT2D eigenvalue weighted by Crippen LogP contribution is 2.39. The third-order valence-corrected chi connectivity index (χ3v) is 7.21. The number of rotatable bonds is 12. The van der Waals surface area contributed by atoms with Crippen molar-refractivity contribution in [2.45, 2.75) is 45.6 Å². The largest absolute Gasteiger partial charge is 0.340 e. The Bertz CT molecular complexity index is 1270. The summed E-state index contributed by atoms with van der Waals surface area (Å²) in [7, 11) is 2.27. The van der Waals surface area contributed by atoms with Gasteiger partial charge in [-0.05, 0) is 94.3 Å². The zero-order valence-electron chi connectivity index (χ0n) is 25.0. The Labute approximate surface area is 243 Å². The molecule has 2 nitrogen and oxygen atoms in total. The van der Waals surface area contributed by atoms with Gasteiger partial charge >= 0.3 is 0 Å². The van der Waals surface area contributed by atoms with Crippen LogP contribution in [-0.2, 0) is 11.0 Å². The average Bonchev–Trinajstić information content (AvgIpc) is 2.95. The van der Waals surface area contributed by atoms with Gasteiger partial charge in [0.05, 0.1) is 5.54 Å². The second kappa shape index (κ2) is 13.7. The summed E-state index contributed by atoms with van der Waals surface area (Å²) < 4.78 is 0. The minimum Gasteiger partial charge on any atom is -0.340 e. The van der Waals surface area contributed by atoms with Gasteiger partial charge < -0.3 is 9.80 Å². The molecule has 0 radical (unpaired) electrons. The van der Waals surface area contributed by atoms with E-state index in [1.54, 1.807) is 0 Å². The molecule has 0 N–H and O–H groups in total. The normalized spacial score (nSPS) is 14.2. The van der Waals surface area contributed by atoms with Crippen LogP contribution in [0.2, 0.25) is 0 Å². The lowest BCUT2D eigenvalue weighted by Gasteiger charge is -2.43. The van der Waals surface area contributed by atoms with Crippen LogP contribution in [0.5, 0.6) is 0 Å². The van der Waals surface area contributed by atoms with Crippen LogP contribution >= 0.6 is 0 Å². The number of hydrogen-bond donors (Lipinski definition) is 0. The Morgan fingerprint density at radius 1 is 0.625 bits per heavy atom. The Kier molecular flexibility index (Phi) is 10.4. The summed E-state index contributed by atoms with van der Waals surface area (Å²) in [4.78, 5) is 4.75. The molecule has 0 aliphatic heterocycles. The average molecular weight is 527 g/mol. The van der Waals surface area contributed by atoms with Crippen LogP contribution in [0.1, 0.15) is 45.7 Å². The van der Waals surface area contributed by atoms with Crippen molar-refractivity contribution in [1.82, 2.24) is 0 Å². The summed E-state index contributed by atoms with van der Waals surface area (Å²) in [5.74, 6) is 0. The summed E-state index contributed by atoms with van der Waals surface area (Å²) >= 11 is 0. The maximum Gasteiger partial charge on any atom is 0.140 e. The molecule has 0 aliphatic carbocycles. The smallest absolute Gasteiger partial charge is 0.140 e. The molecule has 3 aromatic carbocycles. The van der Waals surface area contributed by atoms with Crippen molar-refractivity contribution in [3.63, 3.8) is 0 Å². The van der Waals surface area contributed by atoms with E-state index >= 15 is 0 Å². The maximum atomic E-state index is 3.98. The van der Waals surface area contributed by atoms with Gasteiger partial charge in [0, 0.05) is 28.2 Å². The van der Waals surface area contributed by atoms with Gasteiger partial charge in [0.2, 0.25) is 0 Å². The Morgan fingerprint density at radius 2 is 1.02 bits per heavy atom. The molecule has 0 aliphatic rings. The number of hydrogen-bond acceptors (Lipinski definition) is 2. The molecule has 0 spiro atoms. The Balaban J connectivity index is 2.12. The summed E-state index contributed by atoms with van der Waals surface area (Å²) in [6.07, 6.45) is 16.3. The fraction of sp³-hybridized carbons (Fsp3) is 0.189. The molecule has 0 aromatic heterocycles. The van der Waals surface area contributed by atoms with Crippen LogP contribution in [0.3, 0.4) is 0 Å². The lowest BCUT2D eigenvalue weighted by Crippen LogP contribution is -2.44. The minimum atomic E-state index is -0.337. The molecule has 0 bridgehead atoms. The van der Waals surface area contributed by atoms with Crippen LogP contribution in [0.15, 0.2) is 158 Å². The third kappa shape index (κ3) is 6.66. The topological polar surface area (TPSA) is 6.48 Å². The number of allylic oxidation sites excluding steroid dienone is 8. The van der Waals surface area contributed by atoms with Crippen LogP contribution in [0.25, 0.3) is 0 Å². The van der Waals surface area contributed by atoms with Gasteiger partial charge in [0.15, 0.2) is 0 Å². The van der Waals surface area contributed by atoms with Gasteiger partial charge in [-0.15, -0.1) is 0 Å². The van der Waals surface area contributed by atoms with Gasteiger partial charge in [0.1, 0.15) is 7.85 Å². The highest BCUT2D eigenvalue weighted by molar-refractivity contribution is 6.17. The Morgan fingerprint density at radius 3 is 1.45 bits per heavy atom. The maximum absolute atomic E-state index is 3.98. The summed E-state index contributed by atoms with van der Waals surface area (Å²) in [5, 5.41) is 0. The van der Waals surface area contributed by atoms with Crippen molar-refractivity contribution in [3.8, 4) is 0 Å². The first kappa shape index (κ1) is 30.3. The second-order valence-electron chi connectivity index (χ2n) is 10.7. The van der Waals surface area contributed by atoms with Crippen molar-refractivity contribution < 1.29 is 0 Å². The SMILES string of the molecule is BC(C)(c1ccc(C(C)(C)N(C(/C=C\C)=C/C=C)c2ccccc2)cc1)N(C(/C=C\C)=C/C=C)c1ccccc1. The zero-order chi connectivity index (χ0) is 29.2. The van der Waals surface area contributed by atoms with Gasteiger partial charge in [-0.25, -0.2) is 0 Å². The standard InChI is InChI=1S/C37H43BN2/c1-8-18-32(19-9-2)39(34-22-14-12-15-23-34)36(5,6)30-26-28-31(29-27-30)37(7,38)40(33(20-10-3)21-11-4)35-24-16-13-17-25-35/h8-29H,1,3,38H2,2,4-7H3/b19-9-,21-11-,32-18+,33-20+. The van der Waals surface area contributed by atoms with Crippen molar-refractivity contribution in [2.75, 3.05) is 9.80 Å². The summed E-state index contributed by atoms with van der Waals surface area (Å²) in [5.41, 5.74) is 6.19. The van der Waals surface area contributed by atoms with Gasteiger partial charge in [-0.2, -0.15) is 0 Å². The number of anilines is 2. The van der Waals surface area contributed by atoms with Crippen molar-refractivity contribution in [1.29, 1.82) is 0 Å². The number of benzene rings is 3. The molecule has 1 unspecified atom stereocenters. The highest BCUT2D eigenvalue weighted by atomic mass is 15.2. The molecule has 3 aromatic rings. The molecule has 204 valence electrons. The Hall–Kier alpha value is -4.24. The molecular formula is C37H43BN2. The van der Waals surface area contributed by atoms with Crippen LogP contribution in [-0.4, -0.2) is 7.85 Å². The van der Waals surface area contributed by atoms with E-state index in [0.29, 0.717) is 0 Å². The summed E-state index contributed by atoms with van der Waals surface area (Å²) in [6, 6.07) is 30.2. The number of nitrogens with zero attached hydrogens (tertiary/aromatic N) is 2. The quantitative estimate of drug-likeness (QED) is 0.172. The van der Waals surface area contributed by atoms with Crippen LogP contribution < -0.4 is 9.80 Å². The fourth-order valence-electron chi connectivity index (χ4n) is 5.28. The molecule has 0 saturated heterocycles. The van der Waals surface area contributed by atoms with E-state index in [0.717, 1.165) is 22.8 Å². The predicted octanol–water partition coefficient (Wildman–Crippen LogP) is 9.03.